The first-order chi connectivity index (χ1) is 6.34. The summed E-state index contributed by atoms with van der Waals surface area (Å²) in [6, 6.07) is 4.83. The van der Waals surface area contributed by atoms with Crippen LogP contribution in [0.3, 0.4) is 0 Å². The number of rotatable bonds is 1. The maximum atomic E-state index is 12.4. The number of methoxy groups -OCH3 is 1. The van der Waals surface area contributed by atoms with Gasteiger partial charge in [-0.2, -0.15) is 0 Å². The van der Waals surface area contributed by atoms with E-state index in [1.54, 1.807) is 18.2 Å². The molecule has 0 radical (unpaired) electrons. The maximum absolute atomic E-state index is 12.4. The molecule has 0 fully saturated rings. The van der Waals surface area contributed by atoms with Crippen molar-refractivity contribution in [1.82, 2.24) is 0 Å². The van der Waals surface area contributed by atoms with Crippen LogP contribution in [0.1, 0.15) is 0 Å². The molecule has 0 bridgehead atoms. The van der Waals surface area contributed by atoms with Crippen LogP contribution in [-0.4, -0.2) is 14.4 Å². The van der Waals surface area contributed by atoms with Crippen LogP contribution in [0.2, 0.25) is 0 Å². The zero-order valence-electron chi connectivity index (χ0n) is 7.13. The van der Waals surface area contributed by atoms with Crippen molar-refractivity contribution in [3.05, 3.63) is 24.4 Å². The van der Waals surface area contributed by atoms with Gasteiger partial charge in [0, 0.05) is 6.07 Å². The molecule has 0 saturated heterocycles. The minimum Gasteiger partial charge on any atom is -0.445 e. The molecule has 0 saturated carbocycles. The predicted molar refractivity (Wildman–Crippen MR) is 39.9 cm³/mol. The Morgan fingerprint density at radius 1 is 1.21 bits per heavy atom. The van der Waals surface area contributed by atoms with Crippen molar-refractivity contribution in [3.8, 4) is 5.88 Å². The van der Waals surface area contributed by atoms with Crippen molar-refractivity contribution in [2.75, 3.05) is 7.11 Å². The van der Waals surface area contributed by atoms with E-state index in [-0.39, 0.29) is 5.88 Å². The molecular formula is C6H7BF5NO. The average molecular weight is 215 g/mol. The molecule has 0 unspecified atom stereocenters. The van der Waals surface area contributed by atoms with Gasteiger partial charge in [0.2, 0.25) is 6.20 Å². The molecule has 0 aromatic carbocycles. The van der Waals surface area contributed by atoms with Crippen LogP contribution >= 0.6 is 0 Å². The van der Waals surface area contributed by atoms with Crippen LogP contribution in [0, 0.1) is 0 Å². The van der Waals surface area contributed by atoms with Gasteiger partial charge in [-0.1, -0.05) is 0 Å². The van der Waals surface area contributed by atoms with Crippen molar-refractivity contribution >= 4 is 7.25 Å². The molecule has 0 N–H and O–H groups in total. The van der Waals surface area contributed by atoms with Crippen molar-refractivity contribution < 1.29 is 31.3 Å². The number of aromatic nitrogens is 1. The lowest BCUT2D eigenvalue weighted by atomic mass is 10.3. The summed E-state index contributed by atoms with van der Waals surface area (Å²) in [4.78, 5) is 0.417. The largest absolute Gasteiger partial charge is 0.673 e. The number of hydrogen-bond acceptors (Lipinski definition) is 1. The Labute approximate surface area is 77.0 Å². The van der Waals surface area contributed by atoms with Gasteiger partial charge in [0.05, 0.1) is 22.4 Å². The molecule has 0 aliphatic carbocycles. The summed E-state index contributed by atoms with van der Waals surface area (Å²) in [5.74, 6) is 0.206. The van der Waals surface area contributed by atoms with Crippen LogP contribution < -0.4 is 9.53 Å². The molecule has 0 spiro atoms. The molecule has 14 heavy (non-hydrogen) atoms. The topological polar surface area (TPSA) is 13.1 Å². The standard InChI is InChI=1S/C6H7FNO.BF4/c1-9-6-4-2-3-5-8(6)7;2-1(3,4)5/h2-5H,1H3;/q+1;-1. The van der Waals surface area contributed by atoms with E-state index >= 15 is 0 Å². The van der Waals surface area contributed by atoms with Gasteiger partial charge in [0.25, 0.3) is 0 Å². The highest BCUT2D eigenvalue weighted by Crippen LogP contribution is 2.06. The summed E-state index contributed by atoms with van der Waals surface area (Å²) in [6.07, 6.45) is 1.28. The molecule has 1 aromatic rings. The highest BCUT2D eigenvalue weighted by atomic mass is 19.5. The van der Waals surface area contributed by atoms with Crippen LogP contribution in [0.5, 0.6) is 5.88 Å². The summed E-state index contributed by atoms with van der Waals surface area (Å²) < 4.78 is 56.0. The Morgan fingerprint density at radius 3 is 2.00 bits per heavy atom. The molecule has 1 aromatic heterocycles. The van der Waals surface area contributed by atoms with Gasteiger partial charge in [-0.3, -0.25) is 0 Å². The first-order valence-corrected chi connectivity index (χ1v) is 3.42. The van der Waals surface area contributed by atoms with E-state index in [2.05, 4.69) is 4.74 Å². The molecule has 1 heterocycles. The lowest BCUT2D eigenvalue weighted by Gasteiger charge is -1.94. The van der Waals surface area contributed by atoms with E-state index in [1.165, 1.54) is 13.3 Å². The van der Waals surface area contributed by atoms with E-state index < -0.39 is 7.25 Å². The van der Waals surface area contributed by atoms with Crippen molar-refractivity contribution in [1.29, 1.82) is 0 Å². The van der Waals surface area contributed by atoms with E-state index in [0.29, 0.717) is 4.79 Å². The summed E-state index contributed by atoms with van der Waals surface area (Å²) in [6.45, 7) is 0. The minimum absolute atomic E-state index is 0.206. The monoisotopic (exact) mass is 215 g/mol. The van der Waals surface area contributed by atoms with Crippen LogP contribution in [-0.2, 0) is 0 Å². The van der Waals surface area contributed by atoms with Gasteiger partial charge in [0.15, 0.2) is 0 Å². The molecule has 2 nitrogen and oxygen atoms in total. The summed E-state index contributed by atoms with van der Waals surface area (Å²) >= 11 is 0. The lowest BCUT2D eigenvalue weighted by Crippen LogP contribution is -2.23. The van der Waals surface area contributed by atoms with Gasteiger partial charge >= 0.3 is 13.1 Å². The molecule has 8 heteroatoms. The Balaban J connectivity index is 0.000000292. The Hall–Kier alpha value is -1.34. The predicted octanol–water partition coefficient (Wildman–Crippen LogP) is 2.02. The second-order valence-electron chi connectivity index (χ2n) is 2.05. The molecular weight excluding hydrogens is 208 g/mol. The third kappa shape index (κ3) is 7.32. The van der Waals surface area contributed by atoms with E-state index in [1.807, 2.05) is 0 Å². The van der Waals surface area contributed by atoms with Crippen molar-refractivity contribution in [2.24, 2.45) is 0 Å². The first-order valence-electron chi connectivity index (χ1n) is 3.42. The van der Waals surface area contributed by atoms with Crippen LogP contribution in [0.15, 0.2) is 24.4 Å². The second-order valence-corrected chi connectivity index (χ2v) is 2.05. The number of ether oxygens (including phenoxy) is 1. The van der Waals surface area contributed by atoms with E-state index in [0.717, 1.165) is 0 Å². The van der Waals surface area contributed by atoms with Crippen molar-refractivity contribution in [3.63, 3.8) is 0 Å². The normalized spacial score (nSPS) is 10.1. The molecule has 1 rings (SSSR count). The zero-order chi connectivity index (χ0) is 11.2. The lowest BCUT2D eigenvalue weighted by molar-refractivity contribution is -0.846. The molecule has 0 amide bonds. The summed E-state index contributed by atoms with van der Waals surface area (Å²) in [5, 5.41) is 0. The number of nitrogens with zero attached hydrogens (tertiary/aromatic N) is 1. The zero-order valence-corrected chi connectivity index (χ0v) is 7.13. The van der Waals surface area contributed by atoms with Crippen LogP contribution in [0.4, 0.5) is 21.7 Å². The highest BCUT2D eigenvalue weighted by Gasteiger charge is 2.20. The smallest absolute Gasteiger partial charge is 0.445 e. The third-order valence-corrected chi connectivity index (χ3v) is 0.987. The number of hydrogen-bond donors (Lipinski definition) is 0. The van der Waals surface area contributed by atoms with Gasteiger partial charge in [0.1, 0.15) is 0 Å². The first kappa shape index (κ1) is 12.7. The third-order valence-electron chi connectivity index (χ3n) is 0.987. The summed E-state index contributed by atoms with van der Waals surface area (Å²) in [5.41, 5.74) is 0. The minimum atomic E-state index is -6.00. The molecule has 80 valence electrons. The fourth-order valence-corrected chi connectivity index (χ4v) is 0.563. The van der Waals surface area contributed by atoms with Gasteiger partial charge in [-0.25, -0.2) is 0 Å². The average Bonchev–Trinajstić information content (AvgIpc) is 2.02. The number of pyridine rings is 1. The van der Waals surface area contributed by atoms with Gasteiger partial charge < -0.3 is 22.0 Å². The Kier molecular flexibility index (Phi) is 4.89. The Morgan fingerprint density at radius 2 is 1.71 bits per heavy atom. The summed E-state index contributed by atoms with van der Waals surface area (Å²) in [7, 11) is -4.58. The quantitative estimate of drug-likeness (QED) is 0.515. The fraction of sp³-hybridized carbons (Fsp3) is 0.167. The molecule has 0 aliphatic rings. The highest BCUT2D eigenvalue weighted by molar-refractivity contribution is 6.50. The van der Waals surface area contributed by atoms with E-state index in [4.69, 9.17) is 0 Å². The second kappa shape index (κ2) is 5.41. The molecule has 0 aliphatic heterocycles. The van der Waals surface area contributed by atoms with Gasteiger partial charge in [-0.15, -0.1) is 0 Å². The maximum Gasteiger partial charge on any atom is 0.673 e. The van der Waals surface area contributed by atoms with Gasteiger partial charge in [-0.05, 0) is 6.07 Å². The van der Waals surface area contributed by atoms with Crippen molar-refractivity contribution in [2.45, 2.75) is 0 Å². The Bertz CT molecular complexity index is 273. The van der Waals surface area contributed by atoms with Crippen LogP contribution in [0.25, 0.3) is 0 Å². The number of halogens is 5. The molecule has 0 atom stereocenters. The van der Waals surface area contributed by atoms with E-state index in [9.17, 15) is 21.7 Å². The SMILES string of the molecule is COc1cccc[n+]1F.F[B-](F)(F)F. The fourth-order valence-electron chi connectivity index (χ4n) is 0.563.